The molecule has 2 aliphatic rings. The molecule has 92 valence electrons. The zero-order valence-corrected chi connectivity index (χ0v) is 10.5. The van der Waals surface area contributed by atoms with Crippen molar-refractivity contribution in [2.24, 2.45) is 0 Å². The minimum Gasteiger partial charge on any atom is -0.310 e. The standard InChI is InChI=1S/C13H17NO2S/c15-17(16)6-5-12(9-17)14-13-7-10-3-1-2-4-11(10)8-13/h1-4,12-14H,5-9H2. The van der Waals surface area contributed by atoms with Crippen molar-refractivity contribution >= 4 is 9.84 Å². The molecule has 0 saturated carbocycles. The second-order valence-corrected chi connectivity index (χ2v) is 7.37. The molecule has 4 heteroatoms. The summed E-state index contributed by atoms with van der Waals surface area (Å²) in [5.41, 5.74) is 2.82. The quantitative estimate of drug-likeness (QED) is 0.850. The van der Waals surface area contributed by atoms with E-state index in [4.69, 9.17) is 0 Å². The van der Waals surface area contributed by atoms with Gasteiger partial charge in [0.25, 0.3) is 0 Å². The lowest BCUT2D eigenvalue weighted by Gasteiger charge is -2.16. The third-order valence-corrected chi connectivity index (χ3v) is 5.52. The first kappa shape index (κ1) is 11.2. The molecular weight excluding hydrogens is 234 g/mol. The van der Waals surface area contributed by atoms with Crippen LogP contribution in [0.15, 0.2) is 24.3 Å². The van der Waals surface area contributed by atoms with Gasteiger partial charge >= 0.3 is 0 Å². The number of benzene rings is 1. The van der Waals surface area contributed by atoms with Crippen LogP contribution in [0.2, 0.25) is 0 Å². The van der Waals surface area contributed by atoms with Gasteiger partial charge in [-0.05, 0) is 30.4 Å². The van der Waals surface area contributed by atoms with Crippen LogP contribution < -0.4 is 5.32 Å². The van der Waals surface area contributed by atoms with E-state index in [9.17, 15) is 8.42 Å². The molecule has 0 amide bonds. The van der Waals surface area contributed by atoms with Crippen LogP contribution >= 0.6 is 0 Å². The van der Waals surface area contributed by atoms with E-state index in [2.05, 4.69) is 29.6 Å². The van der Waals surface area contributed by atoms with Crippen LogP contribution in [0, 0.1) is 0 Å². The molecule has 1 atom stereocenters. The zero-order chi connectivity index (χ0) is 11.9. The van der Waals surface area contributed by atoms with Crippen LogP contribution in [0.5, 0.6) is 0 Å². The molecular formula is C13H17NO2S. The van der Waals surface area contributed by atoms with Gasteiger partial charge in [-0.2, -0.15) is 0 Å². The first-order valence-electron chi connectivity index (χ1n) is 6.16. The third-order valence-electron chi connectivity index (χ3n) is 3.75. The molecule has 0 bridgehead atoms. The van der Waals surface area contributed by atoms with E-state index in [0.29, 0.717) is 17.5 Å². The molecule has 0 aromatic heterocycles. The van der Waals surface area contributed by atoms with E-state index in [1.54, 1.807) is 0 Å². The Bertz CT molecular complexity index is 499. The van der Waals surface area contributed by atoms with Gasteiger partial charge in [0.15, 0.2) is 9.84 Å². The monoisotopic (exact) mass is 251 g/mol. The van der Waals surface area contributed by atoms with E-state index < -0.39 is 9.84 Å². The van der Waals surface area contributed by atoms with E-state index in [1.165, 1.54) is 11.1 Å². The topological polar surface area (TPSA) is 46.2 Å². The lowest BCUT2D eigenvalue weighted by atomic mass is 10.1. The normalized spacial score (nSPS) is 27.2. The Morgan fingerprint density at radius 3 is 2.24 bits per heavy atom. The molecule has 0 radical (unpaired) electrons. The van der Waals surface area contributed by atoms with Gasteiger partial charge in [-0.3, -0.25) is 0 Å². The second-order valence-electron chi connectivity index (χ2n) is 5.14. The van der Waals surface area contributed by atoms with Gasteiger partial charge in [0, 0.05) is 12.1 Å². The van der Waals surface area contributed by atoms with Crippen molar-refractivity contribution in [2.45, 2.75) is 31.3 Å². The van der Waals surface area contributed by atoms with E-state index in [-0.39, 0.29) is 6.04 Å². The molecule has 1 fully saturated rings. The summed E-state index contributed by atoms with van der Waals surface area (Å²) in [4.78, 5) is 0. The Kier molecular flexibility index (Phi) is 2.71. The van der Waals surface area contributed by atoms with Crippen LogP contribution in [0.1, 0.15) is 17.5 Å². The van der Waals surface area contributed by atoms with Crippen molar-refractivity contribution in [3.63, 3.8) is 0 Å². The summed E-state index contributed by atoms with van der Waals surface area (Å²) in [5.74, 6) is 0.671. The van der Waals surface area contributed by atoms with Crippen LogP contribution in [0.3, 0.4) is 0 Å². The highest BCUT2D eigenvalue weighted by Crippen LogP contribution is 2.23. The highest BCUT2D eigenvalue weighted by Gasteiger charge is 2.31. The summed E-state index contributed by atoms with van der Waals surface area (Å²) in [5, 5.41) is 3.50. The fourth-order valence-electron chi connectivity index (χ4n) is 2.94. The molecule has 1 saturated heterocycles. The van der Waals surface area contributed by atoms with Gasteiger partial charge in [0.05, 0.1) is 11.5 Å². The second kappa shape index (κ2) is 4.10. The van der Waals surface area contributed by atoms with Gasteiger partial charge in [-0.15, -0.1) is 0 Å². The summed E-state index contributed by atoms with van der Waals surface area (Å²) < 4.78 is 22.8. The van der Waals surface area contributed by atoms with Crippen LogP contribution in [0.25, 0.3) is 0 Å². The SMILES string of the molecule is O=S1(=O)CCC(NC2Cc3ccccc3C2)C1. The Hall–Kier alpha value is -0.870. The number of sulfone groups is 1. The molecule has 3 rings (SSSR count). The smallest absolute Gasteiger partial charge is 0.151 e. The van der Waals surface area contributed by atoms with Gasteiger partial charge in [0.1, 0.15) is 0 Å². The van der Waals surface area contributed by atoms with E-state index >= 15 is 0 Å². The number of nitrogens with one attached hydrogen (secondary N) is 1. The molecule has 1 aromatic rings. The Labute approximate surface area is 102 Å². The highest BCUT2D eigenvalue weighted by atomic mass is 32.2. The lowest BCUT2D eigenvalue weighted by Crippen LogP contribution is -2.39. The van der Waals surface area contributed by atoms with Crippen molar-refractivity contribution in [1.82, 2.24) is 5.32 Å². The van der Waals surface area contributed by atoms with Gasteiger partial charge in [-0.1, -0.05) is 24.3 Å². The summed E-state index contributed by atoms with van der Waals surface area (Å²) in [6.45, 7) is 0. The van der Waals surface area contributed by atoms with Crippen LogP contribution in [0.4, 0.5) is 0 Å². The fraction of sp³-hybridized carbons (Fsp3) is 0.538. The van der Waals surface area contributed by atoms with Crippen molar-refractivity contribution < 1.29 is 8.42 Å². The lowest BCUT2D eigenvalue weighted by molar-refractivity contribution is 0.460. The van der Waals surface area contributed by atoms with Crippen molar-refractivity contribution in [1.29, 1.82) is 0 Å². The minimum absolute atomic E-state index is 0.166. The summed E-state index contributed by atoms with van der Waals surface area (Å²) >= 11 is 0. The molecule has 1 aliphatic heterocycles. The summed E-state index contributed by atoms with van der Waals surface area (Å²) in [6.07, 6.45) is 2.84. The molecule has 1 heterocycles. The van der Waals surface area contributed by atoms with E-state index in [1.807, 2.05) is 0 Å². The summed E-state index contributed by atoms with van der Waals surface area (Å²) in [6, 6.07) is 9.07. The maximum atomic E-state index is 11.4. The Balaban J connectivity index is 1.63. The summed E-state index contributed by atoms with van der Waals surface area (Å²) in [7, 11) is -2.77. The molecule has 0 spiro atoms. The van der Waals surface area contributed by atoms with Crippen molar-refractivity contribution in [3.05, 3.63) is 35.4 Å². The van der Waals surface area contributed by atoms with Crippen molar-refractivity contribution in [2.75, 3.05) is 11.5 Å². The Morgan fingerprint density at radius 1 is 1.06 bits per heavy atom. The van der Waals surface area contributed by atoms with Crippen molar-refractivity contribution in [3.8, 4) is 0 Å². The first-order valence-corrected chi connectivity index (χ1v) is 7.98. The fourth-order valence-corrected chi connectivity index (χ4v) is 4.62. The van der Waals surface area contributed by atoms with E-state index in [0.717, 1.165) is 19.3 Å². The number of hydrogen-bond donors (Lipinski definition) is 1. The predicted molar refractivity (Wildman–Crippen MR) is 67.8 cm³/mol. The average molecular weight is 251 g/mol. The average Bonchev–Trinajstić information content (AvgIpc) is 2.81. The number of fused-ring (bicyclic) bond motifs is 1. The van der Waals surface area contributed by atoms with Gasteiger partial charge < -0.3 is 5.32 Å². The third kappa shape index (κ3) is 2.38. The number of rotatable bonds is 2. The largest absolute Gasteiger partial charge is 0.310 e. The molecule has 3 nitrogen and oxygen atoms in total. The molecule has 1 aliphatic carbocycles. The predicted octanol–water partition coefficient (Wildman–Crippen LogP) is 0.930. The molecule has 1 aromatic carbocycles. The first-order chi connectivity index (χ1) is 8.12. The molecule has 1 N–H and O–H groups in total. The zero-order valence-electron chi connectivity index (χ0n) is 9.72. The van der Waals surface area contributed by atoms with Gasteiger partial charge in [0.2, 0.25) is 0 Å². The maximum Gasteiger partial charge on any atom is 0.151 e. The van der Waals surface area contributed by atoms with Gasteiger partial charge in [-0.25, -0.2) is 8.42 Å². The number of hydrogen-bond acceptors (Lipinski definition) is 3. The van der Waals surface area contributed by atoms with Crippen LogP contribution in [-0.2, 0) is 22.7 Å². The maximum absolute atomic E-state index is 11.4. The minimum atomic E-state index is -2.77. The molecule has 17 heavy (non-hydrogen) atoms. The van der Waals surface area contributed by atoms with Crippen LogP contribution in [-0.4, -0.2) is 32.0 Å². The molecule has 1 unspecified atom stereocenters. The highest BCUT2D eigenvalue weighted by molar-refractivity contribution is 7.91. The Morgan fingerprint density at radius 2 is 1.71 bits per heavy atom.